The number of carboxylic acid groups (broad SMARTS) is 1. The summed E-state index contributed by atoms with van der Waals surface area (Å²) in [7, 11) is 0. The van der Waals surface area contributed by atoms with Crippen LogP contribution in [0.15, 0.2) is 18.2 Å². The molecule has 2 bridgehead atoms. The van der Waals surface area contributed by atoms with E-state index in [4.69, 9.17) is 15.6 Å². The summed E-state index contributed by atoms with van der Waals surface area (Å²) in [5.41, 5.74) is 5.93. The Kier molecular flexibility index (Phi) is 8.36. The van der Waals surface area contributed by atoms with Gasteiger partial charge in [0.25, 0.3) is 5.91 Å². The number of fused-ring (bicyclic) bond motifs is 2. The van der Waals surface area contributed by atoms with Crippen LogP contribution in [0.25, 0.3) is 0 Å². The highest BCUT2D eigenvalue weighted by atomic mass is 19.4. The molecule has 3 heterocycles. The summed E-state index contributed by atoms with van der Waals surface area (Å²) in [5, 5.41) is 16.3. The predicted octanol–water partition coefficient (Wildman–Crippen LogP) is 2.77. The van der Waals surface area contributed by atoms with Crippen molar-refractivity contribution in [2.24, 2.45) is 11.7 Å². The molecule has 8 nitrogen and oxygen atoms in total. The van der Waals surface area contributed by atoms with Crippen molar-refractivity contribution in [1.82, 2.24) is 9.80 Å². The van der Waals surface area contributed by atoms with Crippen molar-refractivity contribution in [2.45, 2.75) is 68.6 Å². The molecule has 37 heavy (non-hydrogen) atoms. The highest BCUT2D eigenvalue weighted by Crippen LogP contribution is 2.41. The predicted molar refractivity (Wildman–Crippen MR) is 114 cm³/mol. The van der Waals surface area contributed by atoms with E-state index in [9.17, 15) is 41.2 Å². The third-order valence-corrected chi connectivity index (χ3v) is 6.88. The van der Waals surface area contributed by atoms with Crippen LogP contribution in [-0.4, -0.2) is 75.8 Å². The first kappa shape index (κ1) is 28.2. The van der Waals surface area contributed by atoms with Gasteiger partial charge in [0.15, 0.2) is 0 Å². The molecule has 4 unspecified atom stereocenters. The standard InChI is InChI=1S/C21H23F3N4O2.C2HF3O2/c22-12-1-4-18(24)17(8-12)20(29)28-14-2-3-15(28)6-11(5-14)19(26)21(30)27-10-13(23)7-16(27)9-25;3-2(4,5)1(6)7/h1,4,8,11,13-16,19H,2-3,5-7,10,26H2;(H,6,7)/t11?,13?,14?,15?,16?,19-;/m0./s1. The summed E-state index contributed by atoms with van der Waals surface area (Å²) in [5.74, 6) is -5.43. The van der Waals surface area contributed by atoms with Crippen molar-refractivity contribution in [3.63, 3.8) is 0 Å². The molecule has 202 valence electrons. The van der Waals surface area contributed by atoms with Gasteiger partial charge in [-0.15, -0.1) is 0 Å². The summed E-state index contributed by atoms with van der Waals surface area (Å²) in [6, 6.07) is 2.61. The molecule has 1 aromatic rings. The number of nitriles is 1. The normalized spacial score (nSPS) is 27.7. The number of amides is 2. The highest BCUT2D eigenvalue weighted by Gasteiger charge is 2.48. The van der Waals surface area contributed by atoms with Gasteiger partial charge in [-0.25, -0.2) is 18.0 Å². The fraction of sp³-hybridized carbons (Fsp3) is 0.565. The molecule has 3 N–H and O–H groups in total. The van der Waals surface area contributed by atoms with Crippen LogP contribution in [0, 0.1) is 28.9 Å². The van der Waals surface area contributed by atoms with Gasteiger partial charge < -0.3 is 20.6 Å². The molecule has 0 aliphatic carbocycles. The van der Waals surface area contributed by atoms with Crippen LogP contribution in [0.5, 0.6) is 0 Å². The Morgan fingerprint density at radius 2 is 1.68 bits per heavy atom. The first-order valence-electron chi connectivity index (χ1n) is 11.4. The van der Waals surface area contributed by atoms with Crippen LogP contribution >= 0.6 is 0 Å². The molecule has 14 heteroatoms. The maximum absolute atomic E-state index is 14.1. The minimum absolute atomic E-state index is 0.00758. The van der Waals surface area contributed by atoms with Crippen LogP contribution in [0.2, 0.25) is 0 Å². The molecular weight excluding hydrogens is 510 g/mol. The Morgan fingerprint density at radius 1 is 1.11 bits per heavy atom. The Balaban J connectivity index is 0.000000479. The molecule has 3 aliphatic heterocycles. The first-order chi connectivity index (χ1) is 17.2. The molecule has 3 fully saturated rings. The quantitative estimate of drug-likeness (QED) is 0.575. The van der Waals surface area contributed by atoms with E-state index in [0.717, 1.165) is 18.2 Å². The number of nitrogens with two attached hydrogens (primary N) is 1. The smallest absolute Gasteiger partial charge is 0.475 e. The number of hydrogen-bond donors (Lipinski definition) is 2. The molecule has 1 aromatic carbocycles. The number of hydrogen-bond acceptors (Lipinski definition) is 5. The van der Waals surface area contributed by atoms with Gasteiger partial charge in [0.1, 0.15) is 23.8 Å². The number of aliphatic carboxylic acids is 1. The van der Waals surface area contributed by atoms with E-state index in [1.807, 2.05) is 6.07 Å². The molecule has 0 spiro atoms. The molecule has 0 aromatic heterocycles. The van der Waals surface area contributed by atoms with Crippen molar-refractivity contribution >= 4 is 17.8 Å². The molecule has 3 saturated heterocycles. The van der Waals surface area contributed by atoms with Gasteiger partial charge in [-0.05, 0) is 49.8 Å². The van der Waals surface area contributed by atoms with Gasteiger partial charge in [-0.3, -0.25) is 9.59 Å². The van der Waals surface area contributed by atoms with Crippen molar-refractivity contribution in [3.8, 4) is 6.07 Å². The lowest BCUT2D eigenvalue weighted by Gasteiger charge is -2.41. The van der Waals surface area contributed by atoms with Gasteiger partial charge >= 0.3 is 12.1 Å². The second-order valence-electron chi connectivity index (χ2n) is 9.25. The van der Waals surface area contributed by atoms with Gasteiger partial charge in [0.05, 0.1) is 24.2 Å². The zero-order valence-electron chi connectivity index (χ0n) is 19.3. The summed E-state index contributed by atoms with van der Waals surface area (Å²) in [6.07, 6.45) is -4.02. The van der Waals surface area contributed by atoms with Crippen LogP contribution in [0.1, 0.15) is 42.5 Å². The second-order valence-corrected chi connectivity index (χ2v) is 9.25. The van der Waals surface area contributed by atoms with Crippen molar-refractivity contribution in [2.75, 3.05) is 6.54 Å². The number of alkyl halides is 4. The Labute approximate surface area is 207 Å². The van der Waals surface area contributed by atoms with E-state index in [1.165, 1.54) is 4.90 Å². The van der Waals surface area contributed by atoms with Crippen molar-refractivity contribution in [3.05, 3.63) is 35.4 Å². The van der Waals surface area contributed by atoms with E-state index in [2.05, 4.69) is 0 Å². The summed E-state index contributed by atoms with van der Waals surface area (Å²) < 4.78 is 73.0. The van der Waals surface area contributed by atoms with Crippen LogP contribution < -0.4 is 5.73 Å². The van der Waals surface area contributed by atoms with E-state index in [-0.39, 0.29) is 36.5 Å². The first-order valence-corrected chi connectivity index (χ1v) is 11.4. The number of rotatable bonds is 3. The lowest BCUT2D eigenvalue weighted by Crippen LogP contribution is -2.55. The van der Waals surface area contributed by atoms with Gasteiger partial charge in [-0.1, -0.05) is 0 Å². The van der Waals surface area contributed by atoms with E-state index in [1.54, 1.807) is 4.90 Å². The number of carbonyl (C=O) groups is 3. The Hall–Kier alpha value is -3.34. The number of piperidine rings is 1. The van der Waals surface area contributed by atoms with Crippen molar-refractivity contribution < 1.29 is 45.8 Å². The maximum atomic E-state index is 14.1. The number of likely N-dealkylation sites (tertiary alicyclic amines) is 1. The number of benzene rings is 1. The van der Waals surface area contributed by atoms with E-state index < -0.39 is 53.8 Å². The monoisotopic (exact) mass is 534 g/mol. The highest BCUT2D eigenvalue weighted by molar-refractivity contribution is 5.95. The summed E-state index contributed by atoms with van der Waals surface area (Å²) in [4.78, 5) is 37.4. The fourth-order valence-electron chi connectivity index (χ4n) is 5.19. The molecule has 2 amide bonds. The minimum atomic E-state index is -5.08. The number of halogens is 6. The third-order valence-electron chi connectivity index (χ3n) is 6.88. The fourth-order valence-corrected chi connectivity index (χ4v) is 5.19. The zero-order valence-corrected chi connectivity index (χ0v) is 19.3. The molecule has 0 saturated carbocycles. The van der Waals surface area contributed by atoms with Gasteiger partial charge in [0.2, 0.25) is 5.91 Å². The maximum Gasteiger partial charge on any atom is 0.490 e. The summed E-state index contributed by atoms with van der Waals surface area (Å²) >= 11 is 0. The average Bonchev–Trinajstić information content (AvgIpc) is 3.34. The van der Waals surface area contributed by atoms with Crippen LogP contribution in [-0.2, 0) is 9.59 Å². The molecule has 0 radical (unpaired) electrons. The van der Waals surface area contributed by atoms with E-state index in [0.29, 0.717) is 25.7 Å². The average molecular weight is 534 g/mol. The van der Waals surface area contributed by atoms with E-state index >= 15 is 0 Å². The number of carboxylic acids is 1. The summed E-state index contributed by atoms with van der Waals surface area (Å²) in [6.45, 7) is -0.131. The largest absolute Gasteiger partial charge is 0.490 e. The third kappa shape index (κ3) is 6.15. The Bertz CT molecular complexity index is 1080. The van der Waals surface area contributed by atoms with Crippen molar-refractivity contribution in [1.29, 1.82) is 5.26 Å². The number of nitrogens with zero attached hydrogens (tertiary/aromatic N) is 3. The molecular formula is C23H24F6N4O4. The van der Waals surface area contributed by atoms with Gasteiger partial charge in [-0.2, -0.15) is 18.4 Å². The lowest BCUT2D eigenvalue weighted by atomic mass is 9.84. The van der Waals surface area contributed by atoms with Crippen LogP contribution in [0.3, 0.4) is 0 Å². The zero-order chi connectivity index (χ0) is 27.7. The molecule has 4 rings (SSSR count). The van der Waals surface area contributed by atoms with Crippen LogP contribution in [0.4, 0.5) is 26.3 Å². The molecule has 5 atom stereocenters. The second kappa shape index (κ2) is 11.0. The molecule has 3 aliphatic rings. The topological polar surface area (TPSA) is 128 Å². The SMILES string of the molecule is N#CC1CC(F)CN1C(=O)[C@@H](N)C1CC2CCC(C1)N2C(=O)c1cc(F)ccc1F.O=C(O)C(F)(F)F. The lowest BCUT2D eigenvalue weighted by molar-refractivity contribution is -0.192. The minimum Gasteiger partial charge on any atom is -0.475 e. The Morgan fingerprint density at radius 3 is 2.19 bits per heavy atom. The van der Waals surface area contributed by atoms with Gasteiger partial charge in [0, 0.05) is 18.5 Å². The number of carbonyl (C=O) groups excluding carboxylic acids is 2.